The zero-order valence-corrected chi connectivity index (χ0v) is 14.2. The Morgan fingerprint density at radius 3 is 2.42 bits per heavy atom. The molecule has 3 rings (SSSR count). The molecule has 1 aliphatic rings. The molecule has 24 heavy (non-hydrogen) atoms. The lowest BCUT2D eigenvalue weighted by Gasteiger charge is -2.30. The smallest absolute Gasteiger partial charge is 0.334 e. The van der Waals surface area contributed by atoms with Gasteiger partial charge in [0.1, 0.15) is 5.82 Å². The molecule has 6 heteroatoms. The summed E-state index contributed by atoms with van der Waals surface area (Å²) >= 11 is 0. The first-order valence-corrected chi connectivity index (χ1v) is 8.39. The minimum absolute atomic E-state index is 0.228. The van der Waals surface area contributed by atoms with Gasteiger partial charge in [0.15, 0.2) is 0 Å². The van der Waals surface area contributed by atoms with Gasteiger partial charge >= 0.3 is 5.69 Å². The topological polar surface area (TPSA) is 84.1 Å². The highest BCUT2D eigenvalue weighted by atomic mass is 16.2. The minimum atomic E-state index is -0.502. The fraction of sp³-hybridized carbons (Fsp3) is 0.444. The van der Waals surface area contributed by atoms with Crippen LogP contribution < -0.4 is 17.0 Å². The van der Waals surface area contributed by atoms with E-state index < -0.39 is 5.69 Å². The number of aryl methyl sites for hydroxylation is 1. The summed E-state index contributed by atoms with van der Waals surface area (Å²) in [5, 5.41) is 0. The standard InChI is InChI=1S/C18H24N4O2/c1-12-3-5-14(6-4-12)22-16(19)15(17(23)20-18(22)24)11-21-9-7-13(2)8-10-21/h3-6,13H,7-11,19H2,1-2H3,(H,20,23,24). The van der Waals surface area contributed by atoms with Crippen LogP contribution in [-0.2, 0) is 6.54 Å². The van der Waals surface area contributed by atoms with Crippen LogP contribution in [0.2, 0.25) is 0 Å². The zero-order chi connectivity index (χ0) is 17.3. The van der Waals surface area contributed by atoms with E-state index in [0.29, 0.717) is 17.8 Å². The lowest BCUT2D eigenvalue weighted by Crippen LogP contribution is -2.38. The van der Waals surface area contributed by atoms with Gasteiger partial charge in [-0.15, -0.1) is 0 Å². The number of aromatic amines is 1. The van der Waals surface area contributed by atoms with Gasteiger partial charge in [0.05, 0.1) is 11.3 Å². The average Bonchev–Trinajstić information content (AvgIpc) is 2.55. The number of aromatic nitrogens is 2. The second kappa shape index (κ2) is 6.65. The molecule has 0 bridgehead atoms. The number of nitrogens with zero attached hydrogens (tertiary/aromatic N) is 2. The summed E-state index contributed by atoms with van der Waals surface area (Å²) in [6, 6.07) is 7.49. The van der Waals surface area contributed by atoms with Crippen molar-refractivity contribution in [1.29, 1.82) is 0 Å². The number of benzene rings is 1. The van der Waals surface area contributed by atoms with Crippen LogP contribution in [0, 0.1) is 12.8 Å². The molecule has 0 saturated carbocycles. The molecule has 128 valence electrons. The van der Waals surface area contributed by atoms with E-state index in [0.717, 1.165) is 37.4 Å². The van der Waals surface area contributed by atoms with Gasteiger partial charge in [0.25, 0.3) is 5.56 Å². The van der Waals surface area contributed by atoms with Crippen LogP contribution in [0.4, 0.5) is 5.82 Å². The maximum atomic E-state index is 12.3. The van der Waals surface area contributed by atoms with Crippen molar-refractivity contribution in [2.24, 2.45) is 5.92 Å². The number of nitrogens with two attached hydrogens (primary N) is 1. The largest absolute Gasteiger partial charge is 0.384 e. The van der Waals surface area contributed by atoms with Gasteiger partial charge in [-0.2, -0.15) is 0 Å². The van der Waals surface area contributed by atoms with Crippen molar-refractivity contribution in [3.05, 3.63) is 56.2 Å². The van der Waals surface area contributed by atoms with Crippen LogP contribution in [0.1, 0.15) is 30.9 Å². The monoisotopic (exact) mass is 328 g/mol. The molecule has 2 aromatic rings. The molecule has 3 N–H and O–H groups in total. The summed E-state index contributed by atoms with van der Waals surface area (Å²) in [7, 11) is 0. The number of rotatable bonds is 3. The van der Waals surface area contributed by atoms with Crippen LogP contribution in [0.25, 0.3) is 5.69 Å². The second-order valence-electron chi connectivity index (χ2n) is 6.75. The molecule has 0 spiro atoms. The zero-order valence-electron chi connectivity index (χ0n) is 14.2. The van der Waals surface area contributed by atoms with E-state index in [4.69, 9.17) is 5.73 Å². The first-order chi connectivity index (χ1) is 11.5. The van der Waals surface area contributed by atoms with E-state index in [2.05, 4.69) is 16.8 Å². The van der Waals surface area contributed by atoms with Crippen LogP contribution in [0.15, 0.2) is 33.9 Å². The maximum absolute atomic E-state index is 12.3. The minimum Gasteiger partial charge on any atom is -0.384 e. The van der Waals surface area contributed by atoms with Crippen LogP contribution in [-0.4, -0.2) is 27.5 Å². The molecule has 1 aliphatic heterocycles. The Labute approximate surface area is 140 Å². The third-order valence-corrected chi connectivity index (χ3v) is 4.80. The Hall–Kier alpha value is -2.34. The highest BCUT2D eigenvalue weighted by Crippen LogP contribution is 2.19. The van der Waals surface area contributed by atoms with Gasteiger partial charge in [-0.1, -0.05) is 24.6 Å². The van der Waals surface area contributed by atoms with Crippen molar-refractivity contribution in [2.75, 3.05) is 18.8 Å². The predicted octanol–water partition coefficient (Wildman–Crippen LogP) is 1.65. The third kappa shape index (κ3) is 3.28. The van der Waals surface area contributed by atoms with Crippen LogP contribution in [0.5, 0.6) is 0 Å². The first kappa shape index (κ1) is 16.5. The molecule has 1 aromatic heterocycles. The number of nitrogens with one attached hydrogen (secondary N) is 1. The van der Waals surface area contributed by atoms with Crippen molar-refractivity contribution >= 4 is 5.82 Å². The van der Waals surface area contributed by atoms with Crippen LogP contribution >= 0.6 is 0 Å². The highest BCUT2D eigenvalue weighted by molar-refractivity contribution is 5.47. The fourth-order valence-corrected chi connectivity index (χ4v) is 3.14. The van der Waals surface area contributed by atoms with E-state index in [1.807, 2.05) is 31.2 Å². The Morgan fingerprint density at radius 2 is 1.79 bits per heavy atom. The van der Waals surface area contributed by atoms with Gasteiger partial charge in [0, 0.05) is 6.54 Å². The van der Waals surface area contributed by atoms with Gasteiger partial charge in [-0.05, 0) is 50.9 Å². The van der Waals surface area contributed by atoms with Crippen molar-refractivity contribution in [2.45, 2.75) is 33.2 Å². The third-order valence-electron chi connectivity index (χ3n) is 4.80. The Balaban J connectivity index is 1.98. The number of nitrogen functional groups attached to an aromatic ring is 1. The normalized spacial score (nSPS) is 16.4. The molecule has 6 nitrogen and oxygen atoms in total. The van der Waals surface area contributed by atoms with E-state index in [9.17, 15) is 9.59 Å². The number of hydrogen-bond donors (Lipinski definition) is 2. The van der Waals surface area contributed by atoms with E-state index in [-0.39, 0.29) is 11.4 Å². The summed E-state index contributed by atoms with van der Waals surface area (Å²) < 4.78 is 1.38. The van der Waals surface area contributed by atoms with E-state index >= 15 is 0 Å². The number of piperidine rings is 1. The Bertz CT molecular complexity index is 828. The lowest BCUT2D eigenvalue weighted by molar-refractivity contribution is 0.184. The number of anilines is 1. The molecule has 0 unspecified atom stereocenters. The summed E-state index contributed by atoms with van der Waals surface area (Å²) in [6.07, 6.45) is 2.24. The lowest BCUT2D eigenvalue weighted by atomic mass is 9.99. The summed E-state index contributed by atoms with van der Waals surface area (Å²) in [5.74, 6) is 0.949. The summed E-state index contributed by atoms with van der Waals surface area (Å²) in [5.41, 5.74) is 7.54. The van der Waals surface area contributed by atoms with Gasteiger partial charge < -0.3 is 5.73 Å². The van der Waals surface area contributed by atoms with Gasteiger partial charge in [-0.25, -0.2) is 9.36 Å². The molecule has 0 amide bonds. The highest BCUT2D eigenvalue weighted by Gasteiger charge is 2.20. The molecule has 0 atom stereocenters. The number of H-pyrrole nitrogens is 1. The number of hydrogen-bond acceptors (Lipinski definition) is 4. The van der Waals surface area contributed by atoms with Crippen LogP contribution in [0.3, 0.4) is 0 Å². The van der Waals surface area contributed by atoms with Crippen molar-refractivity contribution in [3.63, 3.8) is 0 Å². The molecule has 0 aliphatic carbocycles. The molecular weight excluding hydrogens is 304 g/mol. The second-order valence-corrected chi connectivity index (χ2v) is 6.75. The quantitative estimate of drug-likeness (QED) is 0.897. The molecule has 2 heterocycles. The SMILES string of the molecule is Cc1ccc(-n2c(N)c(CN3CCC(C)CC3)c(=O)[nH]c2=O)cc1. The predicted molar refractivity (Wildman–Crippen MR) is 95.5 cm³/mol. The summed E-state index contributed by atoms with van der Waals surface area (Å²) in [6.45, 7) is 6.59. The molecule has 1 aromatic carbocycles. The summed E-state index contributed by atoms with van der Waals surface area (Å²) in [4.78, 5) is 29.1. The average molecular weight is 328 g/mol. The van der Waals surface area contributed by atoms with E-state index in [1.165, 1.54) is 4.57 Å². The van der Waals surface area contributed by atoms with Crippen molar-refractivity contribution in [1.82, 2.24) is 14.5 Å². The Morgan fingerprint density at radius 1 is 1.17 bits per heavy atom. The Kier molecular flexibility index (Phi) is 4.57. The molecular formula is C18H24N4O2. The van der Waals surface area contributed by atoms with Gasteiger partial charge in [-0.3, -0.25) is 14.7 Å². The molecule has 1 saturated heterocycles. The van der Waals surface area contributed by atoms with Crippen molar-refractivity contribution in [3.8, 4) is 5.69 Å². The van der Waals surface area contributed by atoms with E-state index in [1.54, 1.807) is 0 Å². The fourth-order valence-electron chi connectivity index (χ4n) is 3.14. The number of likely N-dealkylation sites (tertiary alicyclic amines) is 1. The maximum Gasteiger partial charge on any atom is 0.334 e. The molecule has 0 radical (unpaired) electrons. The molecule has 1 fully saturated rings. The van der Waals surface area contributed by atoms with Gasteiger partial charge in [0.2, 0.25) is 0 Å². The van der Waals surface area contributed by atoms with Crippen molar-refractivity contribution < 1.29 is 0 Å². The first-order valence-electron chi connectivity index (χ1n) is 8.39.